The Labute approximate surface area is 126 Å². The van der Waals surface area contributed by atoms with Crippen molar-refractivity contribution in [3.8, 4) is 0 Å². The summed E-state index contributed by atoms with van der Waals surface area (Å²) in [7, 11) is -3.42. The minimum absolute atomic E-state index is 0.0767. The fourth-order valence-electron chi connectivity index (χ4n) is 2.59. The van der Waals surface area contributed by atoms with Gasteiger partial charge in [0.1, 0.15) is 6.79 Å². The number of ether oxygens (including phenoxy) is 2. The Hall–Kier alpha value is -1.17. The Morgan fingerprint density at radius 1 is 1.19 bits per heavy atom. The first kappa shape index (κ1) is 16.2. The number of rotatable bonds is 4. The molecular formula is C16H22O4S. The zero-order chi connectivity index (χ0) is 15.5. The van der Waals surface area contributed by atoms with Gasteiger partial charge in [0.2, 0.25) is 0 Å². The molecule has 1 aliphatic heterocycles. The first-order chi connectivity index (χ1) is 9.92. The Morgan fingerprint density at radius 3 is 2.48 bits per heavy atom. The zero-order valence-electron chi connectivity index (χ0n) is 12.6. The maximum atomic E-state index is 12.2. The van der Waals surface area contributed by atoms with Gasteiger partial charge in [-0.25, -0.2) is 8.42 Å². The van der Waals surface area contributed by atoms with Gasteiger partial charge in [-0.05, 0) is 24.1 Å². The second-order valence-electron chi connectivity index (χ2n) is 5.67. The highest BCUT2D eigenvalue weighted by Gasteiger charge is 2.32. The Kier molecular flexibility index (Phi) is 5.19. The van der Waals surface area contributed by atoms with E-state index in [-0.39, 0.29) is 24.9 Å². The number of sulfone groups is 1. The Balaban J connectivity index is 2.13. The summed E-state index contributed by atoms with van der Waals surface area (Å²) >= 11 is 0. The highest BCUT2D eigenvalue weighted by atomic mass is 32.2. The molecule has 116 valence electrons. The summed E-state index contributed by atoms with van der Waals surface area (Å²) in [6.45, 7) is 6.41. The van der Waals surface area contributed by atoms with Crippen molar-refractivity contribution < 1.29 is 17.9 Å². The molecule has 0 aromatic heterocycles. The molecule has 0 radical (unpaired) electrons. The second-order valence-corrected chi connectivity index (χ2v) is 7.50. The lowest BCUT2D eigenvalue weighted by atomic mass is 9.89. The predicted octanol–water partition coefficient (Wildman–Crippen LogP) is 3.01. The van der Waals surface area contributed by atoms with Crippen molar-refractivity contribution in [1.82, 2.24) is 0 Å². The summed E-state index contributed by atoms with van der Waals surface area (Å²) in [5.41, 5.74) is 0. The van der Waals surface area contributed by atoms with Crippen LogP contribution in [0.5, 0.6) is 0 Å². The molecular weight excluding hydrogens is 288 g/mol. The second kappa shape index (κ2) is 6.73. The first-order valence-electron chi connectivity index (χ1n) is 7.13. The molecule has 0 N–H and O–H groups in total. The lowest BCUT2D eigenvalue weighted by Gasteiger charge is -2.36. The predicted molar refractivity (Wildman–Crippen MR) is 81.4 cm³/mol. The smallest absolute Gasteiger partial charge is 0.199 e. The largest absolute Gasteiger partial charge is 0.352 e. The quantitative estimate of drug-likeness (QED) is 0.858. The first-order valence-corrected chi connectivity index (χ1v) is 8.68. The molecule has 2 rings (SSSR count). The fraction of sp³-hybridized carbons (Fsp3) is 0.500. The number of hydrogen-bond acceptors (Lipinski definition) is 4. The van der Waals surface area contributed by atoms with Crippen LogP contribution < -0.4 is 0 Å². The van der Waals surface area contributed by atoms with Crippen LogP contribution in [0.2, 0.25) is 0 Å². The van der Waals surface area contributed by atoms with Gasteiger partial charge in [-0.2, -0.15) is 0 Å². The van der Waals surface area contributed by atoms with Crippen LogP contribution >= 0.6 is 0 Å². The van der Waals surface area contributed by atoms with E-state index in [4.69, 9.17) is 9.47 Å². The van der Waals surface area contributed by atoms with Crippen molar-refractivity contribution in [2.45, 2.75) is 37.9 Å². The molecule has 3 atom stereocenters. The van der Waals surface area contributed by atoms with E-state index in [1.807, 2.05) is 6.92 Å². The third-order valence-electron chi connectivity index (χ3n) is 3.73. The lowest BCUT2D eigenvalue weighted by Crippen LogP contribution is -2.41. The van der Waals surface area contributed by atoms with Crippen LogP contribution in [0.1, 0.15) is 20.8 Å². The average molecular weight is 310 g/mol. The van der Waals surface area contributed by atoms with Gasteiger partial charge < -0.3 is 9.47 Å². The van der Waals surface area contributed by atoms with Crippen LogP contribution in [0.3, 0.4) is 0 Å². The monoisotopic (exact) mass is 310 g/mol. The summed E-state index contributed by atoms with van der Waals surface area (Å²) < 4.78 is 35.6. The average Bonchev–Trinajstić information content (AvgIpc) is 2.47. The normalized spacial score (nSPS) is 27.3. The summed E-state index contributed by atoms with van der Waals surface area (Å²) in [5, 5.41) is 1.24. The van der Waals surface area contributed by atoms with Crippen LogP contribution in [0, 0.1) is 11.8 Å². The van der Waals surface area contributed by atoms with Crippen molar-refractivity contribution in [2.24, 2.45) is 11.8 Å². The topological polar surface area (TPSA) is 52.6 Å². The van der Waals surface area contributed by atoms with Crippen LogP contribution in [-0.2, 0) is 19.3 Å². The minimum atomic E-state index is -3.42. The van der Waals surface area contributed by atoms with Crippen LogP contribution in [0.4, 0.5) is 0 Å². The van der Waals surface area contributed by atoms with Gasteiger partial charge in [-0.15, -0.1) is 0 Å². The Bertz CT molecular complexity index is 578. The summed E-state index contributed by atoms with van der Waals surface area (Å²) in [6.07, 6.45) is 1.46. The summed E-state index contributed by atoms with van der Waals surface area (Å²) in [5.74, 6) is 0.478. The van der Waals surface area contributed by atoms with Gasteiger partial charge in [0.05, 0.1) is 17.1 Å². The van der Waals surface area contributed by atoms with E-state index in [9.17, 15) is 8.42 Å². The van der Waals surface area contributed by atoms with Crippen molar-refractivity contribution in [3.05, 3.63) is 41.8 Å². The third kappa shape index (κ3) is 3.93. The molecule has 1 saturated heterocycles. The minimum Gasteiger partial charge on any atom is -0.352 e. The van der Waals surface area contributed by atoms with E-state index >= 15 is 0 Å². The molecule has 0 bridgehead atoms. The maximum Gasteiger partial charge on any atom is 0.199 e. The SMILES string of the molecule is CC(C)[C@@H]1OCO[C@H](/C=C/S(=O)(=O)c2ccccc2)[C@@H]1C. The molecule has 0 saturated carbocycles. The van der Waals surface area contributed by atoms with Crippen LogP contribution in [-0.4, -0.2) is 27.4 Å². The van der Waals surface area contributed by atoms with Gasteiger partial charge in [-0.1, -0.05) is 39.0 Å². The highest BCUT2D eigenvalue weighted by Crippen LogP contribution is 2.27. The number of benzene rings is 1. The summed E-state index contributed by atoms with van der Waals surface area (Å²) in [4.78, 5) is 0.293. The van der Waals surface area contributed by atoms with E-state index in [0.29, 0.717) is 10.8 Å². The van der Waals surface area contributed by atoms with E-state index in [0.717, 1.165) is 0 Å². The molecule has 0 unspecified atom stereocenters. The number of hydrogen-bond donors (Lipinski definition) is 0. The van der Waals surface area contributed by atoms with E-state index in [2.05, 4.69) is 13.8 Å². The van der Waals surface area contributed by atoms with E-state index < -0.39 is 9.84 Å². The highest BCUT2D eigenvalue weighted by molar-refractivity contribution is 7.94. The third-order valence-corrected chi connectivity index (χ3v) is 5.18. The van der Waals surface area contributed by atoms with Crippen LogP contribution in [0.15, 0.2) is 46.7 Å². The van der Waals surface area contributed by atoms with E-state index in [1.54, 1.807) is 36.4 Å². The van der Waals surface area contributed by atoms with Gasteiger partial charge in [0.25, 0.3) is 0 Å². The van der Waals surface area contributed by atoms with Gasteiger partial charge >= 0.3 is 0 Å². The molecule has 1 aromatic rings. The zero-order valence-corrected chi connectivity index (χ0v) is 13.4. The molecule has 0 spiro atoms. The summed E-state index contributed by atoms with van der Waals surface area (Å²) in [6, 6.07) is 8.39. The molecule has 0 aliphatic carbocycles. The molecule has 21 heavy (non-hydrogen) atoms. The van der Waals surface area contributed by atoms with Crippen LogP contribution in [0.25, 0.3) is 0 Å². The van der Waals surface area contributed by atoms with Crippen molar-refractivity contribution in [3.63, 3.8) is 0 Å². The maximum absolute atomic E-state index is 12.2. The van der Waals surface area contributed by atoms with Crippen molar-refractivity contribution in [2.75, 3.05) is 6.79 Å². The molecule has 1 fully saturated rings. The van der Waals surface area contributed by atoms with E-state index in [1.165, 1.54) is 5.41 Å². The van der Waals surface area contributed by atoms with Gasteiger partial charge in [0, 0.05) is 11.3 Å². The van der Waals surface area contributed by atoms with Gasteiger partial charge in [-0.3, -0.25) is 0 Å². The molecule has 1 heterocycles. The fourth-order valence-corrected chi connectivity index (χ4v) is 3.64. The molecule has 1 aliphatic rings. The van der Waals surface area contributed by atoms with Gasteiger partial charge in [0.15, 0.2) is 9.84 Å². The van der Waals surface area contributed by atoms with Crippen molar-refractivity contribution in [1.29, 1.82) is 0 Å². The molecule has 4 nitrogen and oxygen atoms in total. The molecule has 5 heteroatoms. The van der Waals surface area contributed by atoms with Crippen molar-refractivity contribution >= 4 is 9.84 Å². The molecule has 0 amide bonds. The Morgan fingerprint density at radius 2 is 1.86 bits per heavy atom. The molecule has 1 aromatic carbocycles. The standard InChI is InChI=1S/C16H22O4S/c1-12(2)16-13(3)15(19-11-20-16)9-10-21(17,18)14-7-5-4-6-8-14/h4-10,12-13,15-16H,11H2,1-3H3/b10-9+/t13-,15+,16-/m0/s1. The lowest BCUT2D eigenvalue weighted by molar-refractivity contribution is -0.201.